The Morgan fingerprint density at radius 2 is 0.929 bits per heavy atom. The molecular weight excluding hydrogens is 364 g/mol. The summed E-state index contributed by atoms with van der Waals surface area (Å²) >= 11 is 0. The molecule has 0 saturated heterocycles. The van der Waals surface area contributed by atoms with Crippen LogP contribution in [-0.2, 0) is 5.41 Å². The summed E-state index contributed by atoms with van der Waals surface area (Å²) in [7, 11) is 0. The van der Waals surface area contributed by atoms with Gasteiger partial charge >= 0.3 is 6.18 Å². The summed E-state index contributed by atoms with van der Waals surface area (Å²) in [6, 6.07) is 14.2. The molecule has 3 rings (SSSR count). The summed E-state index contributed by atoms with van der Waals surface area (Å²) in [5.74, 6) is -0.569. The molecule has 4 heteroatoms. The highest BCUT2D eigenvalue weighted by molar-refractivity contribution is 5.55. The smallest absolute Gasteiger partial charge is 0.207 e. The first-order valence-corrected chi connectivity index (χ1v) is 9.05. The van der Waals surface area contributed by atoms with Gasteiger partial charge in [0.05, 0.1) is 0 Å². The Bertz CT molecular complexity index is 947. The zero-order chi connectivity index (χ0) is 20.7. The molecule has 0 bridgehead atoms. The fourth-order valence-corrected chi connectivity index (χ4v) is 3.64. The van der Waals surface area contributed by atoms with E-state index in [1.165, 1.54) is 24.3 Å². The minimum Gasteiger partial charge on any atom is -0.207 e. The van der Waals surface area contributed by atoms with Crippen molar-refractivity contribution in [3.8, 4) is 0 Å². The standard InChI is InChI=1S/C24H22F4/c1-15-5-7-20(13-17(15)3)23(24(26,27)28,19-9-11-22(25)12-10-19)21-8-6-16(2)18(4)14-21/h5-14H,1-4H3. The van der Waals surface area contributed by atoms with Crippen LogP contribution in [0.25, 0.3) is 0 Å². The van der Waals surface area contributed by atoms with E-state index >= 15 is 0 Å². The van der Waals surface area contributed by atoms with Gasteiger partial charge in [0, 0.05) is 0 Å². The first kappa shape index (κ1) is 20.1. The van der Waals surface area contributed by atoms with Crippen LogP contribution in [0.1, 0.15) is 38.9 Å². The zero-order valence-corrected chi connectivity index (χ0v) is 16.3. The van der Waals surface area contributed by atoms with E-state index in [0.717, 1.165) is 34.4 Å². The van der Waals surface area contributed by atoms with Crippen molar-refractivity contribution in [1.82, 2.24) is 0 Å². The van der Waals surface area contributed by atoms with Crippen LogP contribution in [0.4, 0.5) is 17.6 Å². The molecule has 3 aromatic rings. The Morgan fingerprint density at radius 1 is 0.536 bits per heavy atom. The summed E-state index contributed by atoms with van der Waals surface area (Å²) in [6.45, 7) is 7.32. The summed E-state index contributed by atoms with van der Waals surface area (Å²) in [4.78, 5) is 0. The number of halogens is 4. The van der Waals surface area contributed by atoms with Crippen molar-refractivity contribution in [3.63, 3.8) is 0 Å². The molecule has 0 unspecified atom stereocenters. The molecule has 0 aliphatic rings. The maximum atomic E-state index is 14.9. The van der Waals surface area contributed by atoms with E-state index in [1.54, 1.807) is 38.1 Å². The molecule has 0 spiro atoms. The van der Waals surface area contributed by atoms with E-state index in [-0.39, 0.29) is 16.7 Å². The van der Waals surface area contributed by atoms with Crippen molar-refractivity contribution in [2.45, 2.75) is 39.3 Å². The van der Waals surface area contributed by atoms with Crippen LogP contribution in [0.15, 0.2) is 60.7 Å². The van der Waals surface area contributed by atoms with Gasteiger partial charge in [-0.25, -0.2) is 4.39 Å². The van der Waals surface area contributed by atoms with Gasteiger partial charge in [-0.2, -0.15) is 13.2 Å². The minimum absolute atomic E-state index is 0.00657. The third-order valence-electron chi connectivity index (χ3n) is 5.58. The van der Waals surface area contributed by atoms with E-state index in [1.807, 2.05) is 13.8 Å². The second kappa shape index (κ2) is 7.08. The van der Waals surface area contributed by atoms with Gasteiger partial charge < -0.3 is 0 Å². The molecule has 3 aromatic carbocycles. The molecule has 0 fully saturated rings. The summed E-state index contributed by atoms with van der Waals surface area (Å²) in [6.07, 6.45) is -4.63. The molecule has 146 valence electrons. The molecule has 0 heterocycles. The first-order valence-electron chi connectivity index (χ1n) is 9.05. The molecular formula is C24H22F4. The fraction of sp³-hybridized carbons (Fsp3) is 0.250. The maximum absolute atomic E-state index is 14.9. The zero-order valence-electron chi connectivity index (χ0n) is 16.3. The molecule has 0 aromatic heterocycles. The van der Waals surface area contributed by atoms with Gasteiger partial charge in [-0.3, -0.25) is 0 Å². The second-order valence-corrected chi connectivity index (χ2v) is 7.35. The van der Waals surface area contributed by atoms with Crippen LogP contribution >= 0.6 is 0 Å². The predicted molar refractivity (Wildman–Crippen MR) is 104 cm³/mol. The quantitative estimate of drug-likeness (QED) is 0.337. The van der Waals surface area contributed by atoms with Crippen LogP contribution in [0.5, 0.6) is 0 Å². The van der Waals surface area contributed by atoms with E-state index in [0.29, 0.717) is 0 Å². The molecule has 28 heavy (non-hydrogen) atoms. The Balaban J connectivity index is 2.46. The molecule has 0 nitrogen and oxygen atoms in total. The van der Waals surface area contributed by atoms with Crippen molar-refractivity contribution < 1.29 is 17.6 Å². The van der Waals surface area contributed by atoms with Gasteiger partial charge in [-0.05, 0) is 78.8 Å². The van der Waals surface area contributed by atoms with Crippen LogP contribution in [0.3, 0.4) is 0 Å². The van der Waals surface area contributed by atoms with Crippen LogP contribution in [0, 0.1) is 33.5 Å². The van der Waals surface area contributed by atoms with Gasteiger partial charge in [0.15, 0.2) is 0 Å². The topological polar surface area (TPSA) is 0 Å². The average molecular weight is 386 g/mol. The Kier molecular flexibility index (Phi) is 5.09. The predicted octanol–water partition coefficient (Wildman–Crippen LogP) is 6.96. The minimum atomic E-state index is -4.63. The monoisotopic (exact) mass is 386 g/mol. The third kappa shape index (κ3) is 3.21. The van der Waals surface area contributed by atoms with Gasteiger partial charge in [0.1, 0.15) is 11.2 Å². The average Bonchev–Trinajstić information content (AvgIpc) is 2.62. The van der Waals surface area contributed by atoms with Crippen LogP contribution in [-0.4, -0.2) is 6.18 Å². The van der Waals surface area contributed by atoms with Crippen molar-refractivity contribution in [2.24, 2.45) is 0 Å². The van der Waals surface area contributed by atoms with Gasteiger partial charge in [-0.15, -0.1) is 0 Å². The lowest BCUT2D eigenvalue weighted by atomic mass is 9.68. The number of benzene rings is 3. The number of hydrogen-bond donors (Lipinski definition) is 0. The number of aryl methyl sites for hydroxylation is 4. The van der Waals surface area contributed by atoms with Crippen LogP contribution in [0.2, 0.25) is 0 Å². The Labute approximate surface area is 162 Å². The maximum Gasteiger partial charge on any atom is 0.406 e. The molecule has 0 aliphatic heterocycles. The highest BCUT2D eigenvalue weighted by Gasteiger charge is 2.58. The lowest BCUT2D eigenvalue weighted by molar-refractivity contribution is -0.166. The van der Waals surface area contributed by atoms with Gasteiger partial charge in [0.2, 0.25) is 0 Å². The Hall–Kier alpha value is -2.62. The van der Waals surface area contributed by atoms with E-state index < -0.39 is 17.4 Å². The second-order valence-electron chi connectivity index (χ2n) is 7.35. The third-order valence-corrected chi connectivity index (χ3v) is 5.58. The van der Waals surface area contributed by atoms with E-state index in [2.05, 4.69) is 0 Å². The Morgan fingerprint density at radius 3 is 1.29 bits per heavy atom. The first-order chi connectivity index (χ1) is 13.1. The molecule has 0 atom stereocenters. The summed E-state index contributed by atoms with van der Waals surface area (Å²) in [5.41, 5.74) is 1.23. The molecule has 0 amide bonds. The summed E-state index contributed by atoms with van der Waals surface area (Å²) in [5, 5.41) is 0. The molecule has 0 aliphatic carbocycles. The van der Waals surface area contributed by atoms with Crippen LogP contribution < -0.4 is 0 Å². The highest BCUT2D eigenvalue weighted by atomic mass is 19.4. The van der Waals surface area contributed by atoms with E-state index in [9.17, 15) is 17.6 Å². The largest absolute Gasteiger partial charge is 0.406 e. The van der Waals surface area contributed by atoms with Crippen molar-refractivity contribution in [3.05, 3.63) is 105 Å². The number of alkyl halides is 3. The van der Waals surface area contributed by atoms with Crippen molar-refractivity contribution >= 4 is 0 Å². The lowest BCUT2D eigenvalue weighted by Gasteiger charge is -2.38. The normalized spacial score (nSPS) is 12.3. The van der Waals surface area contributed by atoms with Crippen molar-refractivity contribution in [1.29, 1.82) is 0 Å². The fourth-order valence-electron chi connectivity index (χ4n) is 3.64. The lowest BCUT2D eigenvalue weighted by Crippen LogP contribution is -2.44. The van der Waals surface area contributed by atoms with Gasteiger partial charge in [0.25, 0.3) is 0 Å². The number of rotatable bonds is 3. The molecule has 0 saturated carbocycles. The highest BCUT2D eigenvalue weighted by Crippen LogP contribution is 2.51. The molecule has 0 N–H and O–H groups in total. The van der Waals surface area contributed by atoms with Gasteiger partial charge in [-0.1, -0.05) is 48.5 Å². The van der Waals surface area contributed by atoms with Crippen molar-refractivity contribution in [2.75, 3.05) is 0 Å². The summed E-state index contributed by atoms with van der Waals surface area (Å²) < 4.78 is 58.2. The molecule has 0 radical (unpaired) electrons. The number of hydrogen-bond acceptors (Lipinski definition) is 0. The van der Waals surface area contributed by atoms with E-state index in [4.69, 9.17) is 0 Å². The SMILES string of the molecule is Cc1ccc(C(c2ccc(F)cc2)(c2ccc(C)c(C)c2)C(F)(F)F)cc1C.